The van der Waals surface area contributed by atoms with Crippen LogP contribution in [0.3, 0.4) is 0 Å². The van der Waals surface area contributed by atoms with E-state index < -0.39 is 4.92 Å². The number of carbonyl (C=O) groups excluding carboxylic acids is 1. The summed E-state index contributed by atoms with van der Waals surface area (Å²) in [7, 11) is 0. The summed E-state index contributed by atoms with van der Waals surface area (Å²) in [5, 5.41) is 29.0. The highest BCUT2D eigenvalue weighted by atomic mass is 35.5. The zero-order chi connectivity index (χ0) is 23.4. The first kappa shape index (κ1) is 23.1. The number of benzene rings is 1. The highest BCUT2D eigenvalue weighted by Crippen LogP contribution is 2.26. The average molecular weight is 476 g/mol. The second-order valence-corrected chi connectivity index (χ2v) is 8.41. The first-order valence-electron chi connectivity index (χ1n) is 10.9. The minimum Gasteiger partial charge on any atom is -0.395 e. The van der Waals surface area contributed by atoms with E-state index in [0.29, 0.717) is 32.7 Å². The molecule has 1 N–H and O–H groups in total. The van der Waals surface area contributed by atoms with Gasteiger partial charge in [-0.25, -0.2) is 0 Å². The number of halogens is 1. The van der Waals surface area contributed by atoms with Gasteiger partial charge in [-0.2, -0.15) is 0 Å². The van der Waals surface area contributed by atoms with Gasteiger partial charge in [-0.05, 0) is 24.3 Å². The van der Waals surface area contributed by atoms with Crippen molar-refractivity contribution >= 4 is 34.8 Å². The molecule has 12 heteroatoms. The van der Waals surface area contributed by atoms with Crippen LogP contribution in [-0.2, 0) is 0 Å². The third-order valence-corrected chi connectivity index (χ3v) is 6.35. The first-order valence-corrected chi connectivity index (χ1v) is 11.2. The van der Waals surface area contributed by atoms with Crippen LogP contribution in [0.15, 0.2) is 30.3 Å². The lowest BCUT2D eigenvalue weighted by Gasteiger charge is -2.36. The highest BCUT2D eigenvalue weighted by molar-refractivity contribution is 6.32. The molecule has 11 nitrogen and oxygen atoms in total. The Morgan fingerprint density at radius 2 is 1.55 bits per heavy atom. The highest BCUT2D eigenvalue weighted by Gasteiger charge is 2.25. The molecule has 0 radical (unpaired) electrons. The minimum absolute atomic E-state index is 0.00966. The van der Waals surface area contributed by atoms with Gasteiger partial charge in [0.25, 0.3) is 11.6 Å². The molecule has 0 bridgehead atoms. The number of nitro groups is 1. The Morgan fingerprint density at radius 1 is 0.970 bits per heavy atom. The zero-order valence-corrected chi connectivity index (χ0v) is 18.9. The van der Waals surface area contributed by atoms with Crippen molar-refractivity contribution in [2.75, 3.05) is 75.3 Å². The Balaban J connectivity index is 1.32. The van der Waals surface area contributed by atoms with Crippen LogP contribution in [0.25, 0.3) is 0 Å². The van der Waals surface area contributed by atoms with Gasteiger partial charge in [0.1, 0.15) is 5.02 Å². The molecule has 0 spiro atoms. The van der Waals surface area contributed by atoms with Gasteiger partial charge < -0.3 is 19.8 Å². The molecule has 1 amide bonds. The molecule has 1 aromatic carbocycles. The number of nitro benzene ring substituents is 1. The maximum Gasteiger partial charge on any atom is 0.288 e. The fraction of sp³-hybridized carbons (Fsp3) is 0.476. The van der Waals surface area contributed by atoms with Crippen LogP contribution in [0, 0.1) is 10.1 Å². The molecule has 2 fully saturated rings. The largest absolute Gasteiger partial charge is 0.395 e. The van der Waals surface area contributed by atoms with Gasteiger partial charge in [0.05, 0.1) is 11.5 Å². The normalized spacial score (nSPS) is 17.3. The van der Waals surface area contributed by atoms with Crippen molar-refractivity contribution in [2.24, 2.45) is 0 Å². The lowest BCUT2D eigenvalue weighted by atomic mass is 10.1. The number of carbonyl (C=O) groups is 1. The lowest BCUT2D eigenvalue weighted by molar-refractivity contribution is -0.384. The van der Waals surface area contributed by atoms with Crippen molar-refractivity contribution in [1.82, 2.24) is 20.0 Å². The zero-order valence-electron chi connectivity index (χ0n) is 18.1. The van der Waals surface area contributed by atoms with E-state index in [1.54, 1.807) is 4.90 Å². The molecule has 2 aliphatic rings. The molecule has 4 rings (SSSR count). The Morgan fingerprint density at radius 3 is 2.06 bits per heavy atom. The molecular weight excluding hydrogens is 450 g/mol. The minimum atomic E-state index is -0.589. The number of aliphatic hydroxyl groups is 1. The van der Waals surface area contributed by atoms with Gasteiger partial charge in [0.15, 0.2) is 11.6 Å². The SMILES string of the molecule is O=C(c1ccc(Cl)c([N+](=O)[O-])c1)N1CCN(c2ccc(N3CCN(CCO)CC3)nn2)CC1. The monoisotopic (exact) mass is 475 g/mol. The van der Waals surface area contributed by atoms with Crippen LogP contribution in [0.1, 0.15) is 10.4 Å². The van der Waals surface area contributed by atoms with Crippen molar-refractivity contribution in [3.05, 3.63) is 51.0 Å². The summed E-state index contributed by atoms with van der Waals surface area (Å²) in [6.07, 6.45) is 0. The topological polar surface area (TPSA) is 119 Å². The summed E-state index contributed by atoms with van der Waals surface area (Å²) >= 11 is 5.85. The first-order chi connectivity index (χ1) is 16.0. The standard InChI is InChI=1S/C21H26ClN7O4/c22-17-2-1-16(15-18(17)29(32)33)21(31)28-11-9-27(10-12-28)20-4-3-19(23-24-20)26-7-5-25(6-8-26)13-14-30/h1-4,15,30H,5-14H2. The summed E-state index contributed by atoms with van der Waals surface area (Å²) in [6.45, 7) is 6.47. The summed E-state index contributed by atoms with van der Waals surface area (Å²) < 4.78 is 0. The second-order valence-electron chi connectivity index (χ2n) is 8.00. The molecule has 1 aromatic heterocycles. The summed E-state index contributed by atoms with van der Waals surface area (Å²) in [4.78, 5) is 31.5. The maximum absolute atomic E-state index is 12.8. The number of aliphatic hydroxyl groups excluding tert-OH is 1. The van der Waals surface area contributed by atoms with Crippen molar-refractivity contribution in [1.29, 1.82) is 0 Å². The number of hydrogen-bond donors (Lipinski definition) is 1. The number of piperazine rings is 2. The molecule has 176 valence electrons. The fourth-order valence-electron chi connectivity index (χ4n) is 4.10. The number of amides is 1. The van der Waals surface area contributed by atoms with E-state index >= 15 is 0 Å². The third-order valence-electron chi connectivity index (χ3n) is 6.03. The van der Waals surface area contributed by atoms with Gasteiger partial charge in [-0.15, -0.1) is 10.2 Å². The van der Waals surface area contributed by atoms with Crippen molar-refractivity contribution in [3.63, 3.8) is 0 Å². The predicted octanol–water partition coefficient (Wildman–Crippen LogP) is 1.11. The van der Waals surface area contributed by atoms with E-state index in [1.165, 1.54) is 18.2 Å². The molecule has 2 aliphatic heterocycles. The molecule has 0 saturated carbocycles. The third kappa shape index (κ3) is 5.32. The van der Waals surface area contributed by atoms with Gasteiger partial charge in [0, 0.05) is 70.5 Å². The number of aromatic nitrogens is 2. The predicted molar refractivity (Wildman–Crippen MR) is 124 cm³/mol. The van der Waals surface area contributed by atoms with Gasteiger partial charge in [-0.3, -0.25) is 19.8 Å². The van der Waals surface area contributed by atoms with Crippen molar-refractivity contribution < 1.29 is 14.8 Å². The number of hydrogen-bond acceptors (Lipinski definition) is 9. The molecule has 0 unspecified atom stereocenters. The van der Waals surface area contributed by atoms with E-state index in [1.807, 2.05) is 12.1 Å². The van der Waals surface area contributed by atoms with Crippen LogP contribution >= 0.6 is 11.6 Å². The molecule has 2 saturated heterocycles. The number of β-amino-alcohol motifs (C(OH)–C–C–N with tert-alkyl or cyclic N) is 1. The average Bonchev–Trinajstić information content (AvgIpc) is 2.85. The van der Waals surface area contributed by atoms with E-state index in [9.17, 15) is 14.9 Å². The molecular formula is C21H26ClN7O4. The molecule has 0 atom stereocenters. The second kappa shape index (κ2) is 10.3. The number of rotatable bonds is 6. The Labute approximate surface area is 196 Å². The summed E-state index contributed by atoms with van der Waals surface area (Å²) in [5.41, 5.74) is -0.0193. The van der Waals surface area contributed by atoms with Gasteiger partial charge in [0.2, 0.25) is 0 Å². The van der Waals surface area contributed by atoms with Gasteiger partial charge >= 0.3 is 0 Å². The number of anilines is 2. The van der Waals surface area contributed by atoms with Crippen LogP contribution in [0.4, 0.5) is 17.3 Å². The Bertz CT molecular complexity index is 991. The molecule has 2 aromatic rings. The van der Waals surface area contributed by atoms with Gasteiger partial charge in [-0.1, -0.05) is 11.6 Å². The van der Waals surface area contributed by atoms with E-state index in [-0.39, 0.29) is 28.8 Å². The Hall–Kier alpha value is -3.02. The Kier molecular flexibility index (Phi) is 7.21. The van der Waals surface area contributed by atoms with E-state index in [4.69, 9.17) is 16.7 Å². The number of nitrogens with zero attached hydrogens (tertiary/aromatic N) is 7. The van der Waals surface area contributed by atoms with Crippen LogP contribution < -0.4 is 9.80 Å². The maximum atomic E-state index is 12.8. The molecule has 0 aliphatic carbocycles. The quantitative estimate of drug-likeness (QED) is 0.484. The van der Waals surface area contributed by atoms with Crippen LogP contribution in [0.5, 0.6) is 0 Å². The summed E-state index contributed by atoms with van der Waals surface area (Å²) in [6, 6.07) is 8.03. The van der Waals surface area contributed by atoms with E-state index in [2.05, 4.69) is 24.9 Å². The molecule has 3 heterocycles. The summed E-state index contributed by atoms with van der Waals surface area (Å²) in [5.74, 6) is 1.34. The van der Waals surface area contributed by atoms with Crippen molar-refractivity contribution in [3.8, 4) is 0 Å². The fourth-order valence-corrected chi connectivity index (χ4v) is 4.29. The smallest absolute Gasteiger partial charge is 0.288 e. The van der Waals surface area contributed by atoms with Crippen LogP contribution in [-0.4, -0.2) is 101 Å². The van der Waals surface area contributed by atoms with Crippen LogP contribution in [0.2, 0.25) is 5.02 Å². The van der Waals surface area contributed by atoms with Crippen molar-refractivity contribution in [2.45, 2.75) is 0 Å². The lowest BCUT2D eigenvalue weighted by Crippen LogP contribution is -2.49. The van der Waals surface area contributed by atoms with E-state index in [0.717, 1.165) is 37.8 Å². The molecule has 33 heavy (non-hydrogen) atoms.